The second kappa shape index (κ2) is 6.34. The third-order valence-corrected chi connectivity index (χ3v) is 3.37. The van der Waals surface area contributed by atoms with Crippen LogP contribution in [0.15, 0.2) is 0 Å². The molecule has 110 valence electrons. The lowest BCUT2D eigenvalue weighted by molar-refractivity contribution is -0.268. The van der Waals surface area contributed by atoms with Crippen LogP contribution in [0.2, 0.25) is 0 Å². The first-order valence-electron chi connectivity index (χ1n) is 6.39. The smallest absolute Gasteiger partial charge is 0.303 e. The molecule has 0 N–H and O–H groups in total. The van der Waals surface area contributed by atoms with Crippen LogP contribution in [0.1, 0.15) is 34.1 Å². The number of methoxy groups -OCH3 is 1. The maximum Gasteiger partial charge on any atom is 0.303 e. The second-order valence-electron chi connectivity index (χ2n) is 4.75. The molecular weight excluding hydrogens is 252 g/mol. The highest BCUT2D eigenvalue weighted by Gasteiger charge is 2.56. The Morgan fingerprint density at radius 3 is 2.32 bits per heavy atom. The van der Waals surface area contributed by atoms with Gasteiger partial charge in [-0.3, -0.25) is 9.59 Å². The molecular formula is C13H22O6. The van der Waals surface area contributed by atoms with E-state index in [9.17, 15) is 9.59 Å². The third kappa shape index (κ3) is 3.45. The molecule has 0 radical (unpaired) electrons. The molecule has 0 saturated carbocycles. The molecule has 1 aliphatic heterocycles. The van der Waals surface area contributed by atoms with Crippen molar-refractivity contribution in [3.63, 3.8) is 0 Å². The summed E-state index contributed by atoms with van der Waals surface area (Å²) in [6, 6.07) is 0. The van der Waals surface area contributed by atoms with E-state index in [1.807, 2.05) is 13.8 Å². The Morgan fingerprint density at radius 1 is 1.26 bits per heavy atom. The normalized spacial score (nSPS) is 34.1. The summed E-state index contributed by atoms with van der Waals surface area (Å²) in [6.45, 7) is 6.44. The van der Waals surface area contributed by atoms with Gasteiger partial charge in [-0.15, -0.1) is 0 Å². The fourth-order valence-electron chi connectivity index (χ4n) is 2.40. The van der Waals surface area contributed by atoms with Gasteiger partial charge in [-0.1, -0.05) is 13.8 Å². The fourth-order valence-corrected chi connectivity index (χ4v) is 2.40. The van der Waals surface area contributed by atoms with Crippen molar-refractivity contribution >= 4 is 11.9 Å². The van der Waals surface area contributed by atoms with Crippen molar-refractivity contribution in [3.8, 4) is 0 Å². The Balaban J connectivity index is 2.95. The minimum Gasteiger partial charge on any atom is -0.460 e. The molecule has 1 saturated heterocycles. The maximum absolute atomic E-state index is 11.2. The number of carbonyl (C=O) groups excluding carboxylic acids is 2. The van der Waals surface area contributed by atoms with Gasteiger partial charge >= 0.3 is 11.9 Å². The van der Waals surface area contributed by atoms with Gasteiger partial charge in [0.2, 0.25) is 5.79 Å². The lowest BCUT2D eigenvalue weighted by Crippen LogP contribution is -2.49. The van der Waals surface area contributed by atoms with Gasteiger partial charge in [0.1, 0.15) is 6.61 Å². The van der Waals surface area contributed by atoms with E-state index in [1.165, 1.54) is 21.0 Å². The van der Waals surface area contributed by atoms with Crippen LogP contribution < -0.4 is 0 Å². The van der Waals surface area contributed by atoms with E-state index in [0.29, 0.717) is 0 Å². The first kappa shape index (κ1) is 15.9. The fraction of sp³-hybridized carbons (Fsp3) is 0.846. The Hall–Kier alpha value is -1.14. The van der Waals surface area contributed by atoms with Crippen molar-refractivity contribution in [1.82, 2.24) is 0 Å². The quantitative estimate of drug-likeness (QED) is 0.703. The molecule has 0 aromatic heterocycles. The van der Waals surface area contributed by atoms with Crippen molar-refractivity contribution in [2.45, 2.75) is 52.1 Å². The molecule has 0 bridgehead atoms. The van der Waals surface area contributed by atoms with Crippen LogP contribution in [0.5, 0.6) is 0 Å². The van der Waals surface area contributed by atoms with Crippen LogP contribution in [0.25, 0.3) is 0 Å². The topological polar surface area (TPSA) is 71.1 Å². The zero-order valence-electron chi connectivity index (χ0n) is 12.1. The number of rotatable bonds is 5. The van der Waals surface area contributed by atoms with Crippen LogP contribution in [0, 0.1) is 5.92 Å². The Morgan fingerprint density at radius 2 is 1.89 bits per heavy atom. The second-order valence-corrected chi connectivity index (χ2v) is 4.75. The largest absolute Gasteiger partial charge is 0.460 e. The number of ether oxygens (including phenoxy) is 4. The molecule has 19 heavy (non-hydrogen) atoms. The third-order valence-electron chi connectivity index (χ3n) is 3.37. The summed E-state index contributed by atoms with van der Waals surface area (Å²) < 4.78 is 21.5. The minimum absolute atomic E-state index is 0.0376. The first-order valence-corrected chi connectivity index (χ1v) is 6.39. The van der Waals surface area contributed by atoms with Gasteiger partial charge in [-0.05, 0) is 6.42 Å². The van der Waals surface area contributed by atoms with E-state index < -0.39 is 23.8 Å². The van der Waals surface area contributed by atoms with Gasteiger partial charge in [0, 0.05) is 26.9 Å². The van der Waals surface area contributed by atoms with Crippen molar-refractivity contribution in [2.75, 3.05) is 13.7 Å². The average Bonchev–Trinajstić information content (AvgIpc) is 2.61. The summed E-state index contributed by atoms with van der Waals surface area (Å²) in [5, 5.41) is 0. The molecule has 1 fully saturated rings. The molecule has 1 aliphatic rings. The van der Waals surface area contributed by atoms with E-state index in [0.717, 1.165) is 6.42 Å². The van der Waals surface area contributed by atoms with Crippen molar-refractivity contribution in [1.29, 1.82) is 0 Å². The Kier molecular flexibility index (Phi) is 5.31. The zero-order valence-corrected chi connectivity index (χ0v) is 12.1. The zero-order chi connectivity index (χ0) is 14.6. The van der Waals surface area contributed by atoms with E-state index in [1.54, 1.807) is 0 Å². The van der Waals surface area contributed by atoms with Crippen LogP contribution in [-0.4, -0.2) is 43.7 Å². The van der Waals surface area contributed by atoms with Gasteiger partial charge < -0.3 is 18.9 Å². The molecule has 0 aromatic rings. The van der Waals surface area contributed by atoms with Crippen LogP contribution in [0.3, 0.4) is 0 Å². The van der Waals surface area contributed by atoms with Crippen LogP contribution in [0.4, 0.5) is 0 Å². The summed E-state index contributed by atoms with van der Waals surface area (Å²) >= 11 is 0. The van der Waals surface area contributed by atoms with E-state index in [4.69, 9.17) is 18.9 Å². The summed E-state index contributed by atoms with van der Waals surface area (Å²) in [4.78, 5) is 22.2. The molecule has 1 heterocycles. The highest BCUT2D eigenvalue weighted by atomic mass is 16.7. The molecule has 6 nitrogen and oxygen atoms in total. The molecule has 6 heteroatoms. The summed E-state index contributed by atoms with van der Waals surface area (Å²) in [5.74, 6) is -2.11. The average molecular weight is 274 g/mol. The van der Waals surface area contributed by atoms with Gasteiger partial charge in [0.15, 0.2) is 6.10 Å². The van der Waals surface area contributed by atoms with E-state index in [-0.39, 0.29) is 18.6 Å². The standard InChI is InChI=1S/C13H22O6/c1-6-11-8(2)12(18-10(4)15)13(16-5,19-11)7-17-9(3)14/h8,11-12H,6-7H2,1-5H3/t8-,11-,12+,13?/m1/s1. The predicted octanol–water partition coefficient (Wildman–Crippen LogP) is 1.27. The number of carbonyl (C=O) groups is 2. The molecule has 0 amide bonds. The highest BCUT2D eigenvalue weighted by Crippen LogP contribution is 2.39. The van der Waals surface area contributed by atoms with Gasteiger partial charge in [-0.2, -0.15) is 0 Å². The number of hydrogen-bond acceptors (Lipinski definition) is 6. The molecule has 0 aromatic carbocycles. The Labute approximate surface area is 113 Å². The van der Waals surface area contributed by atoms with Crippen LogP contribution in [-0.2, 0) is 28.5 Å². The molecule has 0 aliphatic carbocycles. The minimum atomic E-state index is -1.22. The monoisotopic (exact) mass is 274 g/mol. The summed E-state index contributed by atoms with van der Waals surface area (Å²) in [6.07, 6.45) is 0.0450. The van der Waals surface area contributed by atoms with E-state index >= 15 is 0 Å². The SMILES string of the molecule is CC[C@H]1OC(COC(C)=O)(OC)[C@@H](OC(C)=O)[C@@H]1C. The van der Waals surface area contributed by atoms with Crippen molar-refractivity contribution in [3.05, 3.63) is 0 Å². The predicted molar refractivity (Wildman–Crippen MR) is 66.3 cm³/mol. The summed E-state index contributed by atoms with van der Waals surface area (Å²) in [7, 11) is 1.45. The van der Waals surface area contributed by atoms with Gasteiger partial charge in [0.25, 0.3) is 0 Å². The molecule has 4 atom stereocenters. The molecule has 1 unspecified atom stereocenters. The maximum atomic E-state index is 11.2. The lowest BCUT2D eigenvalue weighted by atomic mass is 9.95. The Bertz CT molecular complexity index is 342. The van der Waals surface area contributed by atoms with E-state index in [2.05, 4.69) is 0 Å². The number of esters is 2. The summed E-state index contributed by atoms with van der Waals surface area (Å²) in [5.41, 5.74) is 0. The van der Waals surface area contributed by atoms with Crippen LogP contribution >= 0.6 is 0 Å². The van der Waals surface area contributed by atoms with Gasteiger partial charge in [0.05, 0.1) is 6.10 Å². The van der Waals surface area contributed by atoms with Crippen molar-refractivity contribution in [2.24, 2.45) is 5.92 Å². The van der Waals surface area contributed by atoms with Gasteiger partial charge in [-0.25, -0.2) is 0 Å². The van der Waals surface area contributed by atoms with Crippen molar-refractivity contribution < 1.29 is 28.5 Å². The number of hydrogen-bond donors (Lipinski definition) is 0. The lowest BCUT2D eigenvalue weighted by Gasteiger charge is -2.32. The first-order chi connectivity index (χ1) is 8.86. The molecule has 0 spiro atoms. The molecule has 1 rings (SSSR count). The highest BCUT2D eigenvalue weighted by molar-refractivity contribution is 5.66.